The van der Waals surface area contributed by atoms with Gasteiger partial charge in [-0.25, -0.2) is 0 Å². The molecule has 1 fully saturated rings. The average Bonchev–Trinajstić information content (AvgIpc) is 1.93. The number of hydrogen-bond donors (Lipinski definition) is 1. The third kappa shape index (κ3) is 3.11. The van der Waals surface area contributed by atoms with Gasteiger partial charge in [0.2, 0.25) is 0 Å². The van der Waals surface area contributed by atoms with Crippen LogP contribution in [0.5, 0.6) is 0 Å². The van der Waals surface area contributed by atoms with Crippen molar-refractivity contribution >= 4 is 0 Å². The summed E-state index contributed by atoms with van der Waals surface area (Å²) in [4.78, 5) is 2.42. The second kappa shape index (κ2) is 4.83. The van der Waals surface area contributed by atoms with Gasteiger partial charge in [0, 0.05) is 6.04 Å². The standard InChI is InChI=1S/C10H22N2/c1-9(2)12(3)6-4-5-10-7-11-8-10/h9-11H,4-8H2,1-3H3. The molecule has 0 aromatic heterocycles. The molecule has 2 heteroatoms. The van der Waals surface area contributed by atoms with Gasteiger partial charge < -0.3 is 10.2 Å². The van der Waals surface area contributed by atoms with Crippen molar-refractivity contribution in [1.82, 2.24) is 10.2 Å². The molecule has 0 unspecified atom stereocenters. The summed E-state index contributed by atoms with van der Waals surface area (Å²) in [6, 6.07) is 0.699. The molecule has 1 heterocycles. The maximum atomic E-state index is 3.31. The van der Waals surface area contributed by atoms with Gasteiger partial charge in [-0.05, 0) is 59.3 Å². The van der Waals surface area contributed by atoms with Crippen LogP contribution in [0.15, 0.2) is 0 Å². The molecule has 1 aliphatic heterocycles. The molecular formula is C10H22N2. The van der Waals surface area contributed by atoms with E-state index in [1.807, 2.05) is 0 Å². The zero-order chi connectivity index (χ0) is 8.97. The Morgan fingerprint density at radius 3 is 2.50 bits per heavy atom. The van der Waals surface area contributed by atoms with E-state index in [1.165, 1.54) is 32.5 Å². The molecular weight excluding hydrogens is 148 g/mol. The highest BCUT2D eigenvalue weighted by atomic mass is 15.1. The first kappa shape index (κ1) is 10.0. The summed E-state index contributed by atoms with van der Waals surface area (Å²) >= 11 is 0. The van der Waals surface area contributed by atoms with E-state index in [2.05, 4.69) is 31.1 Å². The van der Waals surface area contributed by atoms with Crippen LogP contribution in [0.2, 0.25) is 0 Å². The monoisotopic (exact) mass is 170 g/mol. The quantitative estimate of drug-likeness (QED) is 0.669. The van der Waals surface area contributed by atoms with Crippen LogP contribution in [0.3, 0.4) is 0 Å². The molecule has 0 aromatic rings. The maximum Gasteiger partial charge on any atom is 0.00355 e. The largest absolute Gasteiger partial charge is 0.316 e. The molecule has 1 saturated heterocycles. The molecule has 1 N–H and O–H groups in total. The van der Waals surface area contributed by atoms with E-state index < -0.39 is 0 Å². The lowest BCUT2D eigenvalue weighted by molar-refractivity contribution is 0.245. The lowest BCUT2D eigenvalue weighted by Crippen LogP contribution is -2.42. The Bertz CT molecular complexity index is 119. The van der Waals surface area contributed by atoms with E-state index in [1.54, 1.807) is 0 Å². The van der Waals surface area contributed by atoms with E-state index in [4.69, 9.17) is 0 Å². The summed E-state index contributed by atoms with van der Waals surface area (Å²) < 4.78 is 0. The second-order valence-electron chi connectivity index (χ2n) is 4.24. The van der Waals surface area contributed by atoms with Gasteiger partial charge in [0.25, 0.3) is 0 Å². The van der Waals surface area contributed by atoms with Crippen molar-refractivity contribution in [3.63, 3.8) is 0 Å². The molecule has 1 aliphatic rings. The highest BCUT2D eigenvalue weighted by molar-refractivity contribution is 4.74. The molecule has 2 nitrogen and oxygen atoms in total. The number of rotatable bonds is 5. The van der Waals surface area contributed by atoms with E-state index >= 15 is 0 Å². The van der Waals surface area contributed by atoms with E-state index in [9.17, 15) is 0 Å². The van der Waals surface area contributed by atoms with Crippen molar-refractivity contribution in [1.29, 1.82) is 0 Å². The average molecular weight is 170 g/mol. The van der Waals surface area contributed by atoms with E-state index in [0.29, 0.717) is 6.04 Å². The molecule has 0 bridgehead atoms. The summed E-state index contributed by atoms with van der Waals surface area (Å²) in [6.45, 7) is 8.28. The van der Waals surface area contributed by atoms with Gasteiger partial charge in [-0.1, -0.05) is 0 Å². The minimum Gasteiger partial charge on any atom is -0.316 e. The molecule has 72 valence electrons. The Labute approximate surface area is 76.3 Å². The fourth-order valence-electron chi connectivity index (χ4n) is 1.44. The molecule has 12 heavy (non-hydrogen) atoms. The number of nitrogens with zero attached hydrogens (tertiary/aromatic N) is 1. The smallest absolute Gasteiger partial charge is 0.00355 e. The van der Waals surface area contributed by atoms with Crippen LogP contribution in [0, 0.1) is 5.92 Å². The zero-order valence-corrected chi connectivity index (χ0v) is 8.64. The minimum atomic E-state index is 0.699. The van der Waals surface area contributed by atoms with Crippen molar-refractivity contribution in [3.8, 4) is 0 Å². The number of nitrogens with one attached hydrogen (secondary N) is 1. The van der Waals surface area contributed by atoms with Gasteiger partial charge in [-0.15, -0.1) is 0 Å². The van der Waals surface area contributed by atoms with Gasteiger partial charge >= 0.3 is 0 Å². The van der Waals surface area contributed by atoms with Crippen LogP contribution in [0.1, 0.15) is 26.7 Å². The molecule has 0 spiro atoms. The maximum absolute atomic E-state index is 3.31. The summed E-state index contributed by atoms with van der Waals surface area (Å²) in [5.41, 5.74) is 0. The van der Waals surface area contributed by atoms with Crippen LogP contribution < -0.4 is 5.32 Å². The highest BCUT2D eigenvalue weighted by Crippen LogP contribution is 2.11. The number of hydrogen-bond acceptors (Lipinski definition) is 2. The van der Waals surface area contributed by atoms with Gasteiger partial charge in [0.15, 0.2) is 0 Å². The van der Waals surface area contributed by atoms with Crippen molar-refractivity contribution < 1.29 is 0 Å². The van der Waals surface area contributed by atoms with Crippen LogP contribution in [0.25, 0.3) is 0 Å². The Morgan fingerprint density at radius 1 is 1.42 bits per heavy atom. The van der Waals surface area contributed by atoms with Crippen molar-refractivity contribution in [2.24, 2.45) is 5.92 Å². The molecule has 0 aromatic carbocycles. The van der Waals surface area contributed by atoms with Crippen LogP contribution in [-0.4, -0.2) is 37.6 Å². The Balaban J connectivity index is 1.93. The van der Waals surface area contributed by atoms with Crippen LogP contribution >= 0.6 is 0 Å². The molecule has 0 amide bonds. The normalized spacial score (nSPS) is 18.8. The Morgan fingerprint density at radius 2 is 2.08 bits per heavy atom. The van der Waals surface area contributed by atoms with Gasteiger partial charge in [-0.3, -0.25) is 0 Å². The molecule has 0 aliphatic carbocycles. The molecule has 0 saturated carbocycles. The van der Waals surface area contributed by atoms with Gasteiger partial charge in [0.1, 0.15) is 0 Å². The van der Waals surface area contributed by atoms with E-state index in [-0.39, 0.29) is 0 Å². The van der Waals surface area contributed by atoms with Crippen molar-refractivity contribution in [3.05, 3.63) is 0 Å². The summed E-state index contributed by atoms with van der Waals surface area (Å²) in [7, 11) is 2.21. The van der Waals surface area contributed by atoms with Crippen LogP contribution in [0.4, 0.5) is 0 Å². The predicted molar refractivity (Wildman–Crippen MR) is 53.4 cm³/mol. The second-order valence-corrected chi connectivity index (χ2v) is 4.24. The van der Waals surface area contributed by atoms with Crippen LogP contribution in [-0.2, 0) is 0 Å². The first-order chi connectivity index (χ1) is 5.70. The minimum absolute atomic E-state index is 0.699. The Hall–Kier alpha value is -0.0800. The van der Waals surface area contributed by atoms with Gasteiger partial charge in [0.05, 0.1) is 0 Å². The molecule has 0 atom stereocenters. The molecule has 0 radical (unpaired) electrons. The summed E-state index contributed by atoms with van der Waals surface area (Å²) in [6.07, 6.45) is 2.77. The third-order valence-electron chi connectivity index (χ3n) is 2.87. The highest BCUT2D eigenvalue weighted by Gasteiger charge is 2.15. The zero-order valence-electron chi connectivity index (χ0n) is 8.64. The fraction of sp³-hybridized carbons (Fsp3) is 1.00. The van der Waals surface area contributed by atoms with E-state index in [0.717, 1.165) is 5.92 Å². The van der Waals surface area contributed by atoms with Gasteiger partial charge in [-0.2, -0.15) is 0 Å². The third-order valence-corrected chi connectivity index (χ3v) is 2.87. The lowest BCUT2D eigenvalue weighted by atomic mass is 9.97. The summed E-state index contributed by atoms with van der Waals surface area (Å²) in [5.74, 6) is 0.977. The topological polar surface area (TPSA) is 15.3 Å². The summed E-state index contributed by atoms with van der Waals surface area (Å²) in [5, 5.41) is 3.31. The first-order valence-electron chi connectivity index (χ1n) is 5.11. The Kier molecular flexibility index (Phi) is 4.02. The fourth-order valence-corrected chi connectivity index (χ4v) is 1.44. The predicted octanol–water partition coefficient (Wildman–Crippen LogP) is 1.33. The molecule has 1 rings (SSSR count). The first-order valence-corrected chi connectivity index (χ1v) is 5.11. The lowest BCUT2D eigenvalue weighted by Gasteiger charge is -2.28. The van der Waals surface area contributed by atoms with Crippen molar-refractivity contribution in [2.45, 2.75) is 32.7 Å². The SMILES string of the molecule is CC(C)N(C)CCCC1CNC1. The van der Waals surface area contributed by atoms with Crippen molar-refractivity contribution in [2.75, 3.05) is 26.7 Å².